The van der Waals surface area contributed by atoms with Gasteiger partial charge in [0.25, 0.3) is 0 Å². The van der Waals surface area contributed by atoms with Crippen LogP contribution in [0, 0.1) is 6.92 Å². The first kappa shape index (κ1) is 10.0. The lowest BCUT2D eigenvalue weighted by molar-refractivity contribution is 1.14. The minimum atomic E-state index is 0.737. The van der Waals surface area contributed by atoms with Gasteiger partial charge in [0.05, 0.1) is 15.9 Å². The van der Waals surface area contributed by atoms with Crippen LogP contribution in [0.2, 0.25) is 0 Å². The lowest BCUT2D eigenvalue weighted by Crippen LogP contribution is -1.98. The Kier molecular flexibility index (Phi) is 2.91. The van der Waals surface area contributed by atoms with E-state index in [9.17, 15) is 0 Å². The molecule has 5 heteroatoms. The summed E-state index contributed by atoms with van der Waals surface area (Å²) in [5, 5.41) is 3.18. The second-order valence-corrected chi connectivity index (χ2v) is 3.83. The molecule has 0 amide bonds. The summed E-state index contributed by atoms with van der Waals surface area (Å²) >= 11 is 3.37. The van der Waals surface area contributed by atoms with Crippen LogP contribution in [0.5, 0.6) is 0 Å². The highest BCUT2D eigenvalue weighted by Gasteiger charge is 2.03. The molecule has 0 saturated heterocycles. The van der Waals surface area contributed by atoms with Crippen molar-refractivity contribution in [2.45, 2.75) is 6.92 Å². The Morgan fingerprint density at radius 2 is 2.20 bits per heavy atom. The van der Waals surface area contributed by atoms with Crippen molar-refractivity contribution < 1.29 is 0 Å². The highest BCUT2D eigenvalue weighted by Crippen LogP contribution is 2.22. The number of hydrogen-bond donors (Lipinski definition) is 1. The molecule has 0 saturated carbocycles. The molecular weight excluding hydrogens is 256 g/mol. The van der Waals surface area contributed by atoms with Crippen LogP contribution in [0.15, 0.2) is 35.3 Å². The average Bonchev–Trinajstić information content (AvgIpc) is 2.24. The molecule has 4 nitrogen and oxygen atoms in total. The molecule has 0 unspecified atom stereocenters. The normalized spacial score (nSPS) is 10.0. The van der Waals surface area contributed by atoms with Crippen LogP contribution in [0.1, 0.15) is 5.69 Å². The van der Waals surface area contributed by atoms with E-state index in [1.807, 2.05) is 19.1 Å². The average molecular weight is 265 g/mol. The minimum Gasteiger partial charge on any atom is -0.338 e. The minimum absolute atomic E-state index is 0.737. The lowest BCUT2D eigenvalue weighted by atomic mass is 10.3. The van der Waals surface area contributed by atoms with Gasteiger partial charge in [0.2, 0.25) is 0 Å². The van der Waals surface area contributed by atoms with Crippen LogP contribution >= 0.6 is 15.9 Å². The predicted octanol–water partition coefficient (Wildman–Crippen LogP) is 2.69. The number of pyridine rings is 1. The quantitative estimate of drug-likeness (QED) is 0.906. The Morgan fingerprint density at radius 3 is 2.93 bits per heavy atom. The zero-order valence-electron chi connectivity index (χ0n) is 8.11. The number of aromatic nitrogens is 3. The summed E-state index contributed by atoms with van der Waals surface area (Å²) in [6, 6.07) is 3.83. The van der Waals surface area contributed by atoms with E-state index < -0.39 is 0 Å². The zero-order chi connectivity index (χ0) is 10.7. The van der Waals surface area contributed by atoms with Crippen molar-refractivity contribution in [1.82, 2.24) is 15.0 Å². The standard InChI is InChI=1S/C10H9BrN4/c1-7-9(3-2-4-13-7)15-10-8(11)5-12-6-14-10/h2-6H,1H3,(H,12,14,15). The first-order valence-corrected chi connectivity index (χ1v) is 5.21. The molecule has 2 heterocycles. The molecule has 15 heavy (non-hydrogen) atoms. The second-order valence-electron chi connectivity index (χ2n) is 2.98. The van der Waals surface area contributed by atoms with Gasteiger partial charge in [-0.3, -0.25) is 4.98 Å². The topological polar surface area (TPSA) is 50.7 Å². The third kappa shape index (κ3) is 2.30. The SMILES string of the molecule is Cc1ncccc1Nc1ncncc1Br. The molecular formula is C10H9BrN4. The fourth-order valence-corrected chi connectivity index (χ4v) is 1.47. The van der Waals surface area contributed by atoms with Crippen LogP contribution in [0.3, 0.4) is 0 Å². The molecule has 0 fully saturated rings. The molecule has 1 N–H and O–H groups in total. The van der Waals surface area contributed by atoms with Gasteiger partial charge in [-0.25, -0.2) is 9.97 Å². The van der Waals surface area contributed by atoms with Gasteiger partial charge in [-0.05, 0) is 35.0 Å². The van der Waals surface area contributed by atoms with Crippen LogP contribution in [-0.4, -0.2) is 15.0 Å². The Hall–Kier alpha value is -1.49. The van der Waals surface area contributed by atoms with Crippen molar-refractivity contribution in [2.75, 3.05) is 5.32 Å². The van der Waals surface area contributed by atoms with E-state index in [1.165, 1.54) is 6.33 Å². The number of anilines is 2. The highest BCUT2D eigenvalue weighted by molar-refractivity contribution is 9.10. The first-order valence-electron chi connectivity index (χ1n) is 4.41. The number of nitrogens with one attached hydrogen (secondary N) is 1. The van der Waals surface area contributed by atoms with Crippen LogP contribution < -0.4 is 5.32 Å². The summed E-state index contributed by atoms with van der Waals surface area (Å²) in [6.45, 7) is 1.94. The maximum atomic E-state index is 4.18. The van der Waals surface area contributed by atoms with E-state index in [0.29, 0.717) is 0 Å². The third-order valence-corrected chi connectivity index (χ3v) is 2.51. The summed E-state index contributed by atoms with van der Waals surface area (Å²) in [6.07, 6.45) is 4.95. The molecule has 0 atom stereocenters. The van der Waals surface area contributed by atoms with Crippen molar-refractivity contribution in [2.24, 2.45) is 0 Å². The van der Waals surface area contributed by atoms with Crippen LogP contribution in [0.25, 0.3) is 0 Å². The molecule has 0 aliphatic rings. The van der Waals surface area contributed by atoms with E-state index in [1.54, 1.807) is 12.4 Å². The number of halogens is 1. The van der Waals surface area contributed by atoms with E-state index in [0.717, 1.165) is 21.7 Å². The Labute approximate surface area is 95.9 Å². The Bertz CT molecular complexity index is 429. The van der Waals surface area contributed by atoms with Gasteiger partial charge in [0.15, 0.2) is 0 Å². The van der Waals surface area contributed by atoms with Gasteiger partial charge in [-0.2, -0.15) is 0 Å². The lowest BCUT2D eigenvalue weighted by Gasteiger charge is -2.08. The zero-order valence-corrected chi connectivity index (χ0v) is 9.69. The van der Waals surface area contributed by atoms with Gasteiger partial charge in [-0.1, -0.05) is 0 Å². The molecule has 2 aromatic rings. The monoisotopic (exact) mass is 264 g/mol. The maximum absolute atomic E-state index is 4.18. The largest absolute Gasteiger partial charge is 0.338 e. The van der Waals surface area contributed by atoms with Gasteiger partial charge in [-0.15, -0.1) is 0 Å². The number of aryl methyl sites for hydroxylation is 1. The van der Waals surface area contributed by atoms with Crippen molar-refractivity contribution >= 4 is 27.4 Å². The molecule has 2 rings (SSSR count). The molecule has 76 valence electrons. The molecule has 0 aliphatic carbocycles. The van der Waals surface area contributed by atoms with Gasteiger partial charge < -0.3 is 5.32 Å². The van der Waals surface area contributed by atoms with Crippen molar-refractivity contribution in [3.8, 4) is 0 Å². The number of nitrogens with zero attached hydrogens (tertiary/aromatic N) is 3. The molecule has 2 aromatic heterocycles. The summed E-state index contributed by atoms with van der Waals surface area (Å²) in [7, 11) is 0. The molecule has 0 spiro atoms. The van der Waals surface area contributed by atoms with E-state index in [-0.39, 0.29) is 0 Å². The molecule has 0 aliphatic heterocycles. The summed E-state index contributed by atoms with van der Waals surface area (Å²) in [5.74, 6) is 0.737. The van der Waals surface area contributed by atoms with Gasteiger partial charge in [0.1, 0.15) is 12.1 Å². The van der Waals surface area contributed by atoms with Gasteiger partial charge >= 0.3 is 0 Å². The number of hydrogen-bond acceptors (Lipinski definition) is 4. The van der Waals surface area contributed by atoms with Crippen molar-refractivity contribution in [3.05, 3.63) is 41.0 Å². The van der Waals surface area contributed by atoms with Crippen molar-refractivity contribution in [1.29, 1.82) is 0 Å². The highest BCUT2D eigenvalue weighted by atomic mass is 79.9. The summed E-state index contributed by atoms with van der Waals surface area (Å²) in [5.41, 5.74) is 1.87. The van der Waals surface area contributed by atoms with Crippen LogP contribution in [0.4, 0.5) is 11.5 Å². The molecule has 0 bridgehead atoms. The first-order chi connectivity index (χ1) is 7.27. The predicted molar refractivity (Wildman–Crippen MR) is 62.0 cm³/mol. The maximum Gasteiger partial charge on any atom is 0.148 e. The summed E-state index contributed by atoms with van der Waals surface area (Å²) < 4.78 is 0.827. The van der Waals surface area contributed by atoms with Crippen LogP contribution in [-0.2, 0) is 0 Å². The Balaban J connectivity index is 2.30. The van der Waals surface area contributed by atoms with Gasteiger partial charge in [0, 0.05) is 12.4 Å². The third-order valence-electron chi connectivity index (χ3n) is 1.93. The van der Waals surface area contributed by atoms with Crippen molar-refractivity contribution in [3.63, 3.8) is 0 Å². The van der Waals surface area contributed by atoms with E-state index in [4.69, 9.17) is 0 Å². The fourth-order valence-electron chi connectivity index (χ4n) is 1.15. The molecule has 0 aromatic carbocycles. The smallest absolute Gasteiger partial charge is 0.148 e. The summed E-state index contributed by atoms with van der Waals surface area (Å²) in [4.78, 5) is 12.2. The number of rotatable bonds is 2. The second kappa shape index (κ2) is 4.35. The Morgan fingerprint density at radius 1 is 1.33 bits per heavy atom. The fraction of sp³-hybridized carbons (Fsp3) is 0.100. The molecule has 0 radical (unpaired) electrons. The van der Waals surface area contributed by atoms with E-state index in [2.05, 4.69) is 36.2 Å². The van der Waals surface area contributed by atoms with E-state index >= 15 is 0 Å².